The van der Waals surface area contributed by atoms with Crippen molar-refractivity contribution < 1.29 is 13.9 Å². The number of anilines is 1. The van der Waals surface area contributed by atoms with Gasteiger partial charge in [-0.3, -0.25) is 4.79 Å². The van der Waals surface area contributed by atoms with Gasteiger partial charge in [-0.2, -0.15) is 0 Å². The van der Waals surface area contributed by atoms with E-state index in [0.717, 1.165) is 5.76 Å². The summed E-state index contributed by atoms with van der Waals surface area (Å²) in [5, 5.41) is 6.21. The molecule has 0 spiro atoms. The van der Waals surface area contributed by atoms with Gasteiger partial charge in [0.15, 0.2) is 0 Å². The van der Waals surface area contributed by atoms with Crippen LogP contribution in [0.25, 0.3) is 0 Å². The molecule has 0 aliphatic carbocycles. The summed E-state index contributed by atoms with van der Waals surface area (Å²) < 4.78 is 10.6. The Morgan fingerprint density at radius 2 is 2.00 bits per heavy atom. The number of rotatable bonds is 7. The Hall–Kier alpha value is -2.27. The molecule has 1 heterocycles. The van der Waals surface area contributed by atoms with E-state index in [0.29, 0.717) is 17.9 Å². The molecule has 1 aromatic carbocycles. The van der Waals surface area contributed by atoms with Crippen LogP contribution >= 0.6 is 0 Å². The monoisotopic (exact) mass is 302 g/mol. The minimum Gasteiger partial charge on any atom is -0.495 e. The minimum absolute atomic E-state index is 0.0230. The smallest absolute Gasteiger partial charge is 0.226 e. The summed E-state index contributed by atoms with van der Waals surface area (Å²) in [7, 11) is 1.58. The van der Waals surface area contributed by atoms with Crippen LogP contribution in [-0.2, 0) is 4.79 Å². The van der Waals surface area contributed by atoms with E-state index in [4.69, 9.17) is 9.15 Å². The van der Waals surface area contributed by atoms with E-state index in [1.165, 1.54) is 0 Å². The Labute approximate surface area is 130 Å². The van der Waals surface area contributed by atoms with Gasteiger partial charge in [-0.05, 0) is 38.1 Å². The van der Waals surface area contributed by atoms with Crippen molar-refractivity contribution in [2.45, 2.75) is 32.4 Å². The first kappa shape index (κ1) is 16.1. The largest absolute Gasteiger partial charge is 0.495 e. The van der Waals surface area contributed by atoms with Crippen LogP contribution in [-0.4, -0.2) is 19.1 Å². The highest BCUT2D eigenvalue weighted by atomic mass is 16.5. The van der Waals surface area contributed by atoms with Crippen LogP contribution in [0.4, 0.5) is 5.69 Å². The number of ether oxygens (including phenoxy) is 1. The molecule has 22 heavy (non-hydrogen) atoms. The molecule has 0 saturated carbocycles. The Balaban J connectivity index is 1.86. The number of para-hydroxylation sites is 2. The Morgan fingerprint density at radius 3 is 2.68 bits per heavy atom. The molecule has 0 radical (unpaired) electrons. The van der Waals surface area contributed by atoms with E-state index in [1.54, 1.807) is 13.4 Å². The van der Waals surface area contributed by atoms with Gasteiger partial charge in [0.25, 0.3) is 0 Å². The van der Waals surface area contributed by atoms with Crippen LogP contribution in [0.3, 0.4) is 0 Å². The third kappa shape index (κ3) is 4.36. The van der Waals surface area contributed by atoms with Crippen molar-refractivity contribution >= 4 is 11.6 Å². The molecule has 118 valence electrons. The SMILES string of the molecule is COc1ccccc1NC(=O)C[C@@H](C)N[C@H](C)c1ccco1. The molecular weight excluding hydrogens is 280 g/mol. The normalized spacial score (nSPS) is 13.4. The predicted octanol–water partition coefficient (Wildman–Crippen LogP) is 3.36. The van der Waals surface area contributed by atoms with Gasteiger partial charge in [0.1, 0.15) is 11.5 Å². The van der Waals surface area contributed by atoms with E-state index in [2.05, 4.69) is 10.6 Å². The Kier molecular flexibility index (Phi) is 5.61. The summed E-state index contributed by atoms with van der Waals surface area (Å²) >= 11 is 0. The lowest BCUT2D eigenvalue weighted by Crippen LogP contribution is -2.32. The summed E-state index contributed by atoms with van der Waals surface area (Å²) in [6.45, 7) is 3.98. The number of carbonyl (C=O) groups excluding carboxylic acids is 1. The maximum absolute atomic E-state index is 12.1. The molecular formula is C17H22N2O3. The van der Waals surface area contributed by atoms with Crippen LogP contribution in [0.5, 0.6) is 5.75 Å². The number of hydrogen-bond donors (Lipinski definition) is 2. The number of furan rings is 1. The highest BCUT2D eigenvalue weighted by Gasteiger charge is 2.15. The van der Waals surface area contributed by atoms with E-state index in [-0.39, 0.29) is 18.0 Å². The molecule has 0 saturated heterocycles. The average Bonchev–Trinajstić information content (AvgIpc) is 3.01. The second-order valence-corrected chi connectivity index (χ2v) is 5.26. The van der Waals surface area contributed by atoms with Gasteiger partial charge in [0, 0.05) is 12.5 Å². The Morgan fingerprint density at radius 1 is 1.23 bits per heavy atom. The lowest BCUT2D eigenvalue weighted by Gasteiger charge is -2.18. The summed E-state index contributed by atoms with van der Waals surface area (Å²) in [5.74, 6) is 1.45. The molecule has 2 rings (SSSR count). The number of hydrogen-bond acceptors (Lipinski definition) is 4. The molecule has 1 aromatic heterocycles. The van der Waals surface area contributed by atoms with Gasteiger partial charge in [-0.15, -0.1) is 0 Å². The van der Waals surface area contributed by atoms with Gasteiger partial charge in [-0.25, -0.2) is 0 Å². The summed E-state index contributed by atoms with van der Waals surface area (Å²) in [4.78, 5) is 12.1. The molecule has 0 unspecified atom stereocenters. The predicted molar refractivity (Wildman–Crippen MR) is 86.0 cm³/mol. The molecule has 2 atom stereocenters. The van der Waals surface area contributed by atoms with Crippen LogP contribution in [0.2, 0.25) is 0 Å². The van der Waals surface area contributed by atoms with E-state index < -0.39 is 0 Å². The third-order valence-corrected chi connectivity index (χ3v) is 3.38. The molecule has 1 amide bonds. The lowest BCUT2D eigenvalue weighted by atomic mass is 10.1. The highest BCUT2D eigenvalue weighted by molar-refractivity contribution is 5.92. The van der Waals surface area contributed by atoms with Gasteiger partial charge >= 0.3 is 0 Å². The number of amides is 1. The number of carbonyl (C=O) groups is 1. The molecule has 2 N–H and O–H groups in total. The van der Waals surface area contributed by atoms with E-state index in [1.807, 2.05) is 50.2 Å². The average molecular weight is 302 g/mol. The molecule has 2 aromatic rings. The van der Waals surface area contributed by atoms with Crippen molar-refractivity contribution in [3.05, 3.63) is 48.4 Å². The van der Waals surface area contributed by atoms with Gasteiger partial charge in [0.05, 0.1) is 25.1 Å². The van der Waals surface area contributed by atoms with Crippen LogP contribution in [0, 0.1) is 0 Å². The summed E-state index contributed by atoms with van der Waals surface area (Å²) in [5.41, 5.74) is 0.682. The Bertz CT molecular complexity index is 596. The maximum atomic E-state index is 12.1. The second kappa shape index (κ2) is 7.66. The quantitative estimate of drug-likeness (QED) is 0.823. The highest BCUT2D eigenvalue weighted by Crippen LogP contribution is 2.23. The standard InChI is InChI=1S/C17H22N2O3/c1-12(18-13(2)15-9-6-10-22-15)11-17(20)19-14-7-4-5-8-16(14)21-3/h4-10,12-13,18H,11H2,1-3H3,(H,19,20)/t12-,13-/m1/s1. The van der Waals surface area contributed by atoms with Crippen molar-refractivity contribution in [3.8, 4) is 5.75 Å². The van der Waals surface area contributed by atoms with Gasteiger partial charge in [0.2, 0.25) is 5.91 Å². The zero-order valence-electron chi connectivity index (χ0n) is 13.1. The summed E-state index contributed by atoms with van der Waals surface area (Å²) in [6.07, 6.45) is 2.01. The molecule has 5 nitrogen and oxygen atoms in total. The third-order valence-electron chi connectivity index (χ3n) is 3.38. The maximum Gasteiger partial charge on any atom is 0.226 e. The van der Waals surface area contributed by atoms with Crippen LogP contribution in [0.1, 0.15) is 32.1 Å². The molecule has 0 fully saturated rings. The molecule has 5 heteroatoms. The first-order valence-corrected chi connectivity index (χ1v) is 7.32. The van der Waals surface area contributed by atoms with Crippen molar-refractivity contribution in [1.29, 1.82) is 0 Å². The topological polar surface area (TPSA) is 63.5 Å². The first-order chi connectivity index (χ1) is 10.6. The number of nitrogens with one attached hydrogen (secondary N) is 2. The van der Waals surface area contributed by atoms with E-state index >= 15 is 0 Å². The van der Waals surface area contributed by atoms with E-state index in [9.17, 15) is 4.79 Å². The molecule has 0 bridgehead atoms. The van der Waals surface area contributed by atoms with Crippen LogP contribution in [0.15, 0.2) is 47.1 Å². The van der Waals surface area contributed by atoms with Gasteiger partial charge in [-0.1, -0.05) is 12.1 Å². The minimum atomic E-state index is -0.0591. The summed E-state index contributed by atoms with van der Waals surface area (Å²) in [6, 6.07) is 11.2. The van der Waals surface area contributed by atoms with Crippen molar-refractivity contribution in [1.82, 2.24) is 5.32 Å². The molecule has 0 aliphatic heterocycles. The fourth-order valence-electron chi connectivity index (χ4n) is 2.33. The van der Waals surface area contributed by atoms with Crippen molar-refractivity contribution in [2.75, 3.05) is 12.4 Å². The fraction of sp³-hybridized carbons (Fsp3) is 0.353. The van der Waals surface area contributed by atoms with Crippen molar-refractivity contribution in [3.63, 3.8) is 0 Å². The number of methoxy groups -OCH3 is 1. The zero-order chi connectivity index (χ0) is 15.9. The first-order valence-electron chi connectivity index (χ1n) is 7.32. The van der Waals surface area contributed by atoms with Gasteiger partial charge < -0.3 is 19.8 Å². The van der Waals surface area contributed by atoms with Crippen LogP contribution < -0.4 is 15.4 Å². The van der Waals surface area contributed by atoms with Crippen molar-refractivity contribution in [2.24, 2.45) is 0 Å². The lowest BCUT2D eigenvalue weighted by molar-refractivity contribution is -0.116. The molecule has 0 aliphatic rings. The zero-order valence-corrected chi connectivity index (χ0v) is 13.1. The fourth-order valence-corrected chi connectivity index (χ4v) is 2.33. The number of benzene rings is 1. The second-order valence-electron chi connectivity index (χ2n) is 5.26.